The second-order valence-electron chi connectivity index (χ2n) is 4.24. The molecule has 0 aliphatic heterocycles. The average molecular weight is 209 g/mol. The molecule has 15 heavy (non-hydrogen) atoms. The van der Waals surface area contributed by atoms with E-state index in [1.807, 2.05) is 13.1 Å². The molecule has 1 fully saturated rings. The van der Waals surface area contributed by atoms with E-state index in [9.17, 15) is 0 Å². The molecule has 1 aliphatic carbocycles. The van der Waals surface area contributed by atoms with Crippen LogP contribution in [0.25, 0.3) is 0 Å². The zero-order valence-corrected chi connectivity index (χ0v) is 9.29. The molecule has 0 unspecified atom stereocenters. The second kappa shape index (κ2) is 5.33. The van der Waals surface area contributed by atoms with Crippen LogP contribution in [0.2, 0.25) is 0 Å². The molecule has 1 aromatic heterocycles. The number of furan rings is 1. The summed E-state index contributed by atoms with van der Waals surface area (Å²) in [6.45, 7) is 2.33. The highest BCUT2D eigenvalue weighted by molar-refractivity contribution is 5.11. The van der Waals surface area contributed by atoms with Gasteiger partial charge < -0.3 is 14.5 Å². The number of hydrogen-bond acceptors (Lipinski definition) is 3. The third kappa shape index (κ3) is 3.68. The molecule has 0 aromatic carbocycles. The van der Waals surface area contributed by atoms with E-state index in [0.29, 0.717) is 6.61 Å². The lowest BCUT2D eigenvalue weighted by Gasteiger charge is -1.99. The molecule has 1 aliphatic rings. The Morgan fingerprint density at radius 2 is 2.40 bits per heavy atom. The highest BCUT2D eigenvalue weighted by Gasteiger charge is 2.20. The van der Waals surface area contributed by atoms with Crippen LogP contribution in [0.5, 0.6) is 0 Å². The third-order valence-electron chi connectivity index (χ3n) is 2.70. The van der Waals surface area contributed by atoms with Gasteiger partial charge in [0, 0.05) is 18.7 Å². The largest absolute Gasteiger partial charge is 0.467 e. The fourth-order valence-corrected chi connectivity index (χ4v) is 1.63. The van der Waals surface area contributed by atoms with E-state index in [1.165, 1.54) is 24.8 Å². The van der Waals surface area contributed by atoms with E-state index in [-0.39, 0.29) is 0 Å². The maximum Gasteiger partial charge on any atom is 0.129 e. The molecule has 0 amide bonds. The summed E-state index contributed by atoms with van der Waals surface area (Å²) in [7, 11) is 1.93. The first-order chi connectivity index (χ1) is 7.38. The summed E-state index contributed by atoms with van der Waals surface area (Å²) in [6, 6.07) is 2.05. The molecule has 0 atom stereocenters. The van der Waals surface area contributed by atoms with Crippen molar-refractivity contribution in [2.24, 2.45) is 5.92 Å². The first-order valence-electron chi connectivity index (χ1n) is 5.67. The van der Waals surface area contributed by atoms with Gasteiger partial charge in [0.25, 0.3) is 0 Å². The standard InChI is InChI=1S/C12H19NO2/c1-13-7-11-6-12(15-8-11)9-14-5-4-10-2-3-10/h6,8,10,13H,2-5,7,9H2,1H3. The fraction of sp³-hybridized carbons (Fsp3) is 0.667. The summed E-state index contributed by atoms with van der Waals surface area (Å²) >= 11 is 0. The van der Waals surface area contributed by atoms with Gasteiger partial charge in [-0.1, -0.05) is 12.8 Å². The molecule has 2 rings (SSSR count). The number of nitrogens with one attached hydrogen (secondary N) is 1. The lowest BCUT2D eigenvalue weighted by atomic mass is 10.3. The fourth-order valence-electron chi connectivity index (χ4n) is 1.63. The summed E-state index contributed by atoms with van der Waals surface area (Å²) < 4.78 is 10.9. The van der Waals surface area contributed by atoms with Crippen molar-refractivity contribution in [3.05, 3.63) is 23.7 Å². The first kappa shape index (κ1) is 10.7. The Kier molecular flexibility index (Phi) is 3.80. The average Bonchev–Trinajstić information content (AvgIpc) is 2.95. The van der Waals surface area contributed by atoms with Crippen LogP contribution < -0.4 is 5.32 Å². The van der Waals surface area contributed by atoms with Gasteiger partial charge in [-0.05, 0) is 25.5 Å². The Balaban J connectivity index is 1.63. The van der Waals surface area contributed by atoms with Gasteiger partial charge >= 0.3 is 0 Å². The van der Waals surface area contributed by atoms with Crippen LogP contribution in [0.4, 0.5) is 0 Å². The maximum atomic E-state index is 5.55. The number of hydrogen-bond donors (Lipinski definition) is 1. The van der Waals surface area contributed by atoms with Crippen molar-refractivity contribution in [3.63, 3.8) is 0 Å². The minimum atomic E-state index is 0.608. The normalized spacial score (nSPS) is 15.8. The highest BCUT2D eigenvalue weighted by Crippen LogP contribution is 2.32. The molecule has 1 saturated carbocycles. The lowest BCUT2D eigenvalue weighted by Crippen LogP contribution is -2.03. The van der Waals surface area contributed by atoms with Crippen molar-refractivity contribution < 1.29 is 9.15 Å². The second-order valence-corrected chi connectivity index (χ2v) is 4.24. The lowest BCUT2D eigenvalue weighted by molar-refractivity contribution is 0.101. The van der Waals surface area contributed by atoms with Crippen LogP contribution in [-0.2, 0) is 17.9 Å². The van der Waals surface area contributed by atoms with Gasteiger partial charge in [-0.15, -0.1) is 0 Å². The van der Waals surface area contributed by atoms with Gasteiger partial charge in [0.05, 0.1) is 6.26 Å². The Hall–Kier alpha value is -0.800. The van der Waals surface area contributed by atoms with Crippen LogP contribution in [0.15, 0.2) is 16.7 Å². The third-order valence-corrected chi connectivity index (χ3v) is 2.70. The van der Waals surface area contributed by atoms with Crippen molar-refractivity contribution in [1.29, 1.82) is 0 Å². The summed E-state index contributed by atoms with van der Waals surface area (Å²) in [5.74, 6) is 1.87. The van der Waals surface area contributed by atoms with E-state index >= 15 is 0 Å². The van der Waals surface area contributed by atoms with Crippen LogP contribution in [0, 0.1) is 5.92 Å². The van der Waals surface area contributed by atoms with Crippen molar-refractivity contribution in [2.75, 3.05) is 13.7 Å². The van der Waals surface area contributed by atoms with Crippen LogP contribution >= 0.6 is 0 Å². The van der Waals surface area contributed by atoms with Crippen LogP contribution in [0.1, 0.15) is 30.6 Å². The molecule has 0 spiro atoms. The van der Waals surface area contributed by atoms with Gasteiger partial charge in [0.15, 0.2) is 0 Å². The zero-order valence-electron chi connectivity index (χ0n) is 9.29. The molecule has 84 valence electrons. The van der Waals surface area contributed by atoms with Gasteiger partial charge in [0.1, 0.15) is 12.4 Å². The van der Waals surface area contributed by atoms with E-state index in [1.54, 1.807) is 6.26 Å². The number of rotatable bonds is 7. The Labute approximate surface area is 90.8 Å². The summed E-state index contributed by atoms with van der Waals surface area (Å²) in [5.41, 5.74) is 1.18. The topological polar surface area (TPSA) is 34.4 Å². The van der Waals surface area contributed by atoms with E-state index in [2.05, 4.69) is 5.32 Å². The van der Waals surface area contributed by atoms with E-state index in [0.717, 1.165) is 24.8 Å². The summed E-state index contributed by atoms with van der Waals surface area (Å²) in [4.78, 5) is 0. The molecule has 3 nitrogen and oxygen atoms in total. The van der Waals surface area contributed by atoms with Crippen molar-refractivity contribution in [1.82, 2.24) is 5.32 Å². The minimum Gasteiger partial charge on any atom is -0.467 e. The van der Waals surface area contributed by atoms with Crippen molar-refractivity contribution >= 4 is 0 Å². The molecular formula is C12H19NO2. The number of ether oxygens (including phenoxy) is 1. The Bertz CT molecular complexity index is 292. The van der Waals surface area contributed by atoms with Crippen molar-refractivity contribution in [2.45, 2.75) is 32.4 Å². The smallest absolute Gasteiger partial charge is 0.129 e. The molecule has 1 heterocycles. The zero-order chi connectivity index (χ0) is 10.5. The molecule has 0 bridgehead atoms. The van der Waals surface area contributed by atoms with Gasteiger partial charge in [0.2, 0.25) is 0 Å². The van der Waals surface area contributed by atoms with Gasteiger partial charge in [-0.25, -0.2) is 0 Å². The molecule has 1 aromatic rings. The predicted molar refractivity (Wildman–Crippen MR) is 58.5 cm³/mol. The summed E-state index contributed by atoms with van der Waals surface area (Å²) in [6.07, 6.45) is 5.80. The monoisotopic (exact) mass is 209 g/mol. The van der Waals surface area contributed by atoms with Gasteiger partial charge in [-0.3, -0.25) is 0 Å². The van der Waals surface area contributed by atoms with Crippen LogP contribution in [0.3, 0.4) is 0 Å². The molecule has 0 saturated heterocycles. The van der Waals surface area contributed by atoms with E-state index < -0.39 is 0 Å². The Morgan fingerprint density at radius 1 is 1.53 bits per heavy atom. The quantitative estimate of drug-likeness (QED) is 0.700. The molecule has 0 radical (unpaired) electrons. The van der Waals surface area contributed by atoms with Gasteiger partial charge in [-0.2, -0.15) is 0 Å². The minimum absolute atomic E-state index is 0.608. The molecule has 3 heteroatoms. The highest BCUT2D eigenvalue weighted by atomic mass is 16.5. The van der Waals surface area contributed by atoms with Crippen molar-refractivity contribution in [3.8, 4) is 0 Å². The SMILES string of the molecule is CNCc1coc(COCCC2CC2)c1. The Morgan fingerprint density at radius 3 is 3.13 bits per heavy atom. The summed E-state index contributed by atoms with van der Waals surface area (Å²) in [5, 5.41) is 3.09. The molecular weight excluding hydrogens is 190 g/mol. The van der Waals surface area contributed by atoms with Crippen LogP contribution in [-0.4, -0.2) is 13.7 Å². The van der Waals surface area contributed by atoms with E-state index in [4.69, 9.17) is 9.15 Å². The predicted octanol–water partition coefficient (Wildman–Crippen LogP) is 2.32. The maximum absolute atomic E-state index is 5.55. The molecule has 1 N–H and O–H groups in total. The first-order valence-corrected chi connectivity index (χ1v) is 5.67.